The van der Waals surface area contributed by atoms with Gasteiger partial charge in [-0.1, -0.05) is 13.3 Å². The van der Waals surface area contributed by atoms with Gasteiger partial charge < -0.3 is 5.32 Å². The van der Waals surface area contributed by atoms with Gasteiger partial charge in [0.15, 0.2) is 0 Å². The van der Waals surface area contributed by atoms with Crippen LogP contribution in [0.2, 0.25) is 0 Å². The molecule has 0 saturated carbocycles. The molecule has 116 valence electrons. The standard InChI is InChI=1S/C15H16N8/c1-2-3-7-16-11-5-6-12(19-10-11)13-20-22-15(23-21-13)14-17-8-4-9-18-14/h4-6,8-10,16H,2-3,7H2,1H3. The van der Waals surface area contributed by atoms with Crippen LogP contribution in [0.5, 0.6) is 0 Å². The van der Waals surface area contributed by atoms with Gasteiger partial charge in [-0.15, -0.1) is 20.4 Å². The van der Waals surface area contributed by atoms with E-state index in [1.807, 2.05) is 12.1 Å². The number of nitrogens with zero attached hydrogens (tertiary/aromatic N) is 7. The van der Waals surface area contributed by atoms with Crippen LogP contribution in [0.4, 0.5) is 5.69 Å². The van der Waals surface area contributed by atoms with Crippen LogP contribution in [0.1, 0.15) is 19.8 Å². The maximum atomic E-state index is 4.33. The number of anilines is 1. The third-order valence-electron chi connectivity index (χ3n) is 3.10. The quantitative estimate of drug-likeness (QED) is 0.690. The number of rotatable bonds is 6. The number of aromatic nitrogens is 7. The van der Waals surface area contributed by atoms with Crippen molar-refractivity contribution in [3.05, 3.63) is 36.8 Å². The summed E-state index contributed by atoms with van der Waals surface area (Å²) in [5, 5.41) is 19.4. The van der Waals surface area contributed by atoms with Crippen LogP contribution in [0.3, 0.4) is 0 Å². The average molecular weight is 308 g/mol. The smallest absolute Gasteiger partial charge is 0.240 e. The van der Waals surface area contributed by atoms with Crippen molar-refractivity contribution in [2.45, 2.75) is 19.8 Å². The van der Waals surface area contributed by atoms with Crippen LogP contribution in [-0.4, -0.2) is 41.9 Å². The molecule has 1 N–H and O–H groups in total. The maximum Gasteiger partial charge on any atom is 0.240 e. The summed E-state index contributed by atoms with van der Waals surface area (Å²) in [6.07, 6.45) is 7.27. The Morgan fingerprint density at radius 2 is 1.61 bits per heavy atom. The lowest BCUT2D eigenvalue weighted by Crippen LogP contribution is -2.03. The van der Waals surface area contributed by atoms with Crippen molar-refractivity contribution in [3.63, 3.8) is 0 Å². The minimum Gasteiger partial charge on any atom is -0.384 e. The summed E-state index contributed by atoms with van der Waals surface area (Å²) in [4.78, 5) is 12.4. The lowest BCUT2D eigenvalue weighted by Gasteiger charge is -2.05. The Kier molecular flexibility index (Phi) is 4.72. The van der Waals surface area contributed by atoms with Gasteiger partial charge in [0.25, 0.3) is 0 Å². The van der Waals surface area contributed by atoms with Gasteiger partial charge in [-0.2, -0.15) is 0 Å². The van der Waals surface area contributed by atoms with E-state index in [1.54, 1.807) is 24.7 Å². The lowest BCUT2D eigenvalue weighted by molar-refractivity contribution is 0.833. The molecule has 0 aliphatic heterocycles. The molecule has 8 heteroatoms. The Balaban J connectivity index is 1.72. The van der Waals surface area contributed by atoms with E-state index in [-0.39, 0.29) is 5.82 Å². The van der Waals surface area contributed by atoms with Gasteiger partial charge in [0, 0.05) is 18.9 Å². The first-order chi connectivity index (χ1) is 11.4. The third-order valence-corrected chi connectivity index (χ3v) is 3.10. The van der Waals surface area contributed by atoms with Crippen molar-refractivity contribution >= 4 is 5.69 Å². The van der Waals surface area contributed by atoms with Crippen molar-refractivity contribution in [2.24, 2.45) is 0 Å². The molecule has 8 nitrogen and oxygen atoms in total. The zero-order valence-corrected chi connectivity index (χ0v) is 12.7. The summed E-state index contributed by atoms with van der Waals surface area (Å²) in [5.41, 5.74) is 1.59. The van der Waals surface area contributed by atoms with Crippen LogP contribution >= 0.6 is 0 Å². The van der Waals surface area contributed by atoms with Crippen molar-refractivity contribution < 1.29 is 0 Å². The normalized spacial score (nSPS) is 10.5. The topological polar surface area (TPSA) is 102 Å². The minimum atomic E-state index is 0.284. The molecule has 3 aromatic heterocycles. The monoisotopic (exact) mass is 308 g/mol. The van der Waals surface area contributed by atoms with E-state index in [9.17, 15) is 0 Å². The molecule has 0 atom stereocenters. The Morgan fingerprint density at radius 3 is 2.26 bits per heavy atom. The summed E-state index contributed by atoms with van der Waals surface area (Å²) in [6.45, 7) is 3.09. The molecule has 0 aliphatic rings. The van der Waals surface area contributed by atoms with Crippen LogP contribution in [-0.2, 0) is 0 Å². The number of unbranched alkanes of at least 4 members (excludes halogenated alkanes) is 1. The molecule has 0 amide bonds. The third kappa shape index (κ3) is 3.79. The number of nitrogens with one attached hydrogen (secondary N) is 1. The van der Waals surface area contributed by atoms with E-state index < -0.39 is 0 Å². The molecular formula is C15H16N8. The fourth-order valence-electron chi connectivity index (χ4n) is 1.88. The van der Waals surface area contributed by atoms with Crippen molar-refractivity contribution in [1.29, 1.82) is 0 Å². The number of hydrogen-bond donors (Lipinski definition) is 1. The number of hydrogen-bond acceptors (Lipinski definition) is 8. The molecule has 3 rings (SSSR count). The fourth-order valence-corrected chi connectivity index (χ4v) is 1.88. The summed E-state index contributed by atoms with van der Waals surface area (Å²) in [5.74, 6) is 1.04. The highest BCUT2D eigenvalue weighted by Gasteiger charge is 2.09. The molecule has 0 aliphatic carbocycles. The summed E-state index contributed by atoms with van der Waals surface area (Å²) in [6, 6.07) is 5.50. The average Bonchev–Trinajstić information content (AvgIpc) is 2.63. The highest BCUT2D eigenvalue weighted by atomic mass is 15.3. The number of pyridine rings is 1. The second-order valence-corrected chi connectivity index (χ2v) is 4.83. The summed E-state index contributed by atoms with van der Waals surface area (Å²) >= 11 is 0. The highest BCUT2D eigenvalue weighted by molar-refractivity contribution is 5.53. The molecule has 0 aromatic carbocycles. The van der Waals surface area contributed by atoms with E-state index in [0.29, 0.717) is 17.3 Å². The van der Waals surface area contributed by atoms with E-state index in [2.05, 4.69) is 47.6 Å². The van der Waals surface area contributed by atoms with Gasteiger partial charge in [-0.3, -0.25) is 4.98 Å². The van der Waals surface area contributed by atoms with Crippen molar-refractivity contribution in [3.8, 4) is 23.2 Å². The van der Waals surface area contributed by atoms with Gasteiger partial charge >= 0.3 is 0 Å². The van der Waals surface area contributed by atoms with E-state index in [0.717, 1.165) is 25.1 Å². The predicted molar refractivity (Wildman–Crippen MR) is 85.3 cm³/mol. The Bertz CT molecular complexity index is 728. The van der Waals surface area contributed by atoms with Gasteiger partial charge in [-0.05, 0) is 24.6 Å². The second-order valence-electron chi connectivity index (χ2n) is 4.83. The zero-order valence-electron chi connectivity index (χ0n) is 12.7. The first kappa shape index (κ1) is 14.9. The molecule has 0 bridgehead atoms. The van der Waals surface area contributed by atoms with Crippen molar-refractivity contribution in [2.75, 3.05) is 11.9 Å². The Labute approximate surface area is 133 Å². The Morgan fingerprint density at radius 1 is 0.870 bits per heavy atom. The molecule has 0 saturated heterocycles. The van der Waals surface area contributed by atoms with Crippen LogP contribution in [0, 0.1) is 0 Å². The molecule has 23 heavy (non-hydrogen) atoms. The first-order valence-electron chi connectivity index (χ1n) is 7.42. The Hall–Kier alpha value is -3.03. The highest BCUT2D eigenvalue weighted by Crippen LogP contribution is 2.14. The van der Waals surface area contributed by atoms with Crippen molar-refractivity contribution in [1.82, 2.24) is 35.3 Å². The van der Waals surface area contributed by atoms with Gasteiger partial charge in [-0.25, -0.2) is 9.97 Å². The van der Waals surface area contributed by atoms with Crippen LogP contribution in [0.15, 0.2) is 36.8 Å². The summed E-state index contributed by atoms with van der Waals surface area (Å²) < 4.78 is 0. The molecule has 3 aromatic rings. The molecule has 0 radical (unpaired) electrons. The van der Waals surface area contributed by atoms with E-state index >= 15 is 0 Å². The molecule has 0 unspecified atom stereocenters. The second kappa shape index (κ2) is 7.30. The minimum absolute atomic E-state index is 0.284. The summed E-state index contributed by atoms with van der Waals surface area (Å²) in [7, 11) is 0. The van der Waals surface area contributed by atoms with E-state index in [1.165, 1.54) is 0 Å². The first-order valence-corrected chi connectivity index (χ1v) is 7.42. The van der Waals surface area contributed by atoms with Gasteiger partial charge in [0.2, 0.25) is 17.5 Å². The predicted octanol–water partition coefficient (Wildman–Crippen LogP) is 2.00. The fraction of sp³-hybridized carbons (Fsp3) is 0.267. The lowest BCUT2D eigenvalue weighted by atomic mass is 10.3. The zero-order chi connectivity index (χ0) is 15.9. The maximum absolute atomic E-state index is 4.33. The van der Waals surface area contributed by atoms with Crippen LogP contribution < -0.4 is 5.32 Å². The molecule has 0 spiro atoms. The van der Waals surface area contributed by atoms with Gasteiger partial charge in [0.05, 0.1) is 11.9 Å². The van der Waals surface area contributed by atoms with Gasteiger partial charge in [0.1, 0.15) is 5.69 Å². The SMILES string of the molecule is CCCCNc1ccc(-c2nnc(-c3ncccn3)nn2)nc1. The molecular weight excluding hydrogens is 292 g/mol. The van der Waals surface area contributed by atoms with Crippen LogP contribution in [0.25, 0.3) is 23.2 Å². The largest absolute Gasteiger partial charge is 0.384 e. The van der Waals surface area contributed by atoms with E-state index in [4.69, 9.17) is 0 Å². The molecule has 3 heterocycles. The molecule has 0 fully saturated rings.